The van der Waals surface area contributed by atoms with Crippen LogP contribution in [0.5, 0.6) is 0 Å². The number of aryl methyl sites for hydroxylation is 1. The van der Waals surface area contributed by atoms with Crippen molar-refractivity contribution in [2.45, 2.75) is 27.2 Å². The summed E-state index contributed by atoms with van der Waals surface area (Å²) in [5.74, 6) is -1.40. The molecule has 0 saturated heterocycles. The zero-order valence-corrected chi connectivity index (χ0v) is 12.8. The lowest BCUT2D eigenvalue weighted by Crippen LogP contribution is -2.32. The summed E-state index contributed by atoms with van der Waals surface area (Å²) in [5, 5.41) is 11.8. The van der Waals surface area contributed by atoms with Crippen LogP contribution in [0.4, 0.5) is 0 Å². The number of benzene rings is 1. The van der Waals surface area contributed by atoms with E-state index in [-0.39, 0.29) is 18.4 Å². The maximum atomic E-state index is 11.7. The monoisotopic (exact) mass is 289 g/mol. The highest BCUT2D eigenvalue weighted by atomic mass is 16.4. The van der Waals surface area contributed by atoms with E-state index in [0.29, 0.717) is 6.42 Å². The minimum atomic E-state index is -0.869. The van der Waals surface area contributed by atoms with Crippen LogP contribution >= 0.6 is 0 Å². The Morgan fingerprint density at radius 3 is 2.52 bits per heavy atom. The molecule has 0 spiro atoms. The summed E-state index contributed by atoms with van der Waals surface area (Å²) in [4.78, 5) is 22.9. The van der Waals surface area contributed by atoms with Gasteiger partial charge in [0.05, 0.1) is 5.92 Å². The highest BCUT2D eigenvalue weighted by molar-refractivity contribution is 5.92. The Morgan fingerprint density at radius 2 is 1.95 bits per heavy atom. The second-order valence-electron chi connectivity index (χ2n) is 5.60. The van der Waals surface area contributed by atoms with Crippen molar-refractivity contribution in [2.75, 3.05) is 6.54 Å². The molecule has 1 amide bonds. The number of carboxylic acid groups (broad SMARTS) is 1. The molecule has 1 atom stereocenters. The molecule has 1 aromatic rings. The number of hydrogen-bond donors (Lipinski definition) is 2. The van der Waals surface area contributed by atoms with Gasteiger partial charge in [-0.2, -0.15) is 0 Å². The second-order valence-corrected chi connectivity index (χ2v) is 5.60. The highest BCUT2D eigenvalue weighted by Crippen LogP contribution is 2.11. The molecule has 0 aliphatic rings. The number of carbonyl (C=O) groups is 2. The average molecular weight is 289 g/mol. The molecule has 1 rings (SSSR count). The Labute approximate surface area is 125 Å². The van der Waals surface area contributed by atoms with Gasteiger partial charge in [0, 0.05) is 12.6 Å². The summed E-state index contributed by atoms with van der Waals surface area (Å²) in [7, 11) is 0. The maximum Gasteiger partial charge on any atom is 0.308 e. The van der Waals surface area contributed by atoms with E-state index in [9.17, 15) is 9.59 Å². The fourth-order valence-electron chi connectivity index (χ4n) is 2.06. The van der Waals surface area contributed by atoms with Gasteiger partial charge in [-0.25, -0.2) is 0 Å². The van der Waals surface area contributed by atoms with Crippen molar-refractivity contribution in [1.29, 1.82) is 0 Å². The van der Waals surface area contributed by atoms with Crippen molar-refractivity contribution < 1.29 is 14.7 Å². The van der Waals surface area contributed by atoms with Crippen LogP contribution in [-0.4, -0.2) is 23.5 Å². The van der Waals surface area contributed by atoms with Crippen LogP contribution in [0.3, 0.4) is 0 Å². The summed E-state index contributed by atoms with van der Waals surface area (Å²) in [6.07, 6.45) is 3.73. The number of rotatable bonds is 7. The van der Waals surface area contributed by atoms with Crippen LogP contribution in [0.15, 0.2) is 30.3 Å². The minimum absolute atomic E-state index is 0.157. The number of carboxylic acids is 1. The molecule has 0 heterocycles. The van der Waals surface area contributed by atoms with Gasteiger partial charge in [-0.15, -0.1) is 0 Å². The molecule has 114 valence electrons. The van der Waals surface area contributed by atoms with Gasteiger partial charge in [-0.1, -0.05) is 38.1 Å². The molecule has 0 aliphatic carbocycles. The second kappa shape index (κ2) is 8.25. The third kappa shape index (κ3) is 6.25. The van der Waals surface area contributed by atoms with E-state index in [4.69, 9.17) is 5.11 Å². The van der Waals surface area contributed by atoms with Crippen molar-refractivity contribution in [2.24, 2.45) is 11.8 Å². The highest BCUT2D eigenvalue weighted by Gasteiger charge is 2.19. The zero-order chi connectivity index (χ0) is 15.8. The molecular weight excluding hydrogens is 266 g/mol. The Bertz CT molecular complexity index is 521. The predicted molar refractivity (Wildman–Crippen MR) is 83.8 cm³/mol. The molecule has 2 N–H and O–H groups in total. The van der Waals surface area contributed by atoms with Gasteiger partial charge in [-0.05, 0) is 36.5 Å². The first-order chi connectivity index (χ1) is 9.90. The smallest absolute Gasteiger partial charge is 0.308 e. The van der Waals surface area contributed by atoms with Gasteiger partial charge < -0.3 is 10.4 Å². The molecule has 21 heavy (non-hydrogen) atoms. The Balaban J connectivity index is 2.53. The van der Waals surface area contributed by atoms with Crippen LogP contribution in [0.25, 0.3) is 6.08 Å². The lowest BCUT2D eigenvalue weighted by Gasteiger charge is -2.14. The average Bonchev–Trinajstić information content (AvgIpc) is 2.41. The fourth-order valence-corrected chi connectivity index (χ4v) is 2.06. The molecule has 4 nitrogen and oxygen atoms in total. The number of carbonyl (C=O) groups excluding carboxylic acids is 1. The fraction of sp³-hybridized carbons (Fsp3) is 0.412. The third-order valence-electron chi connectivity index (χ3n) is 3.23. The van der Waals surface area contributed by atoms with Gasteiger partial charge >= 0.3 is 5.97 Å². The van der Waals surface area contributed by atoms with Gasteiger partial charge in [0.1, 0.15) is 0 Å². The van der Waals surface area contributed by atoms with E-state index in [1.54, 1.807) is 6.08 Å². The SMILES string of the molecule is Cc1ccccc1/C=C/C(=O)NCC(CC(C)C)C(=O)O. The van der Waals surface area contributed by atoms with E-state index in [2.05, 4.69) is 5.32 Å². The number of aliphatic carboxylic acids is 1. The molecule has 0 bridgehead atoms. The van der Waals surface area contributed by atoms with Crippen LogP contribution in [0.2, 0.25) is 0 Å². The predicted octanol–water partition coefficient (Wildman–Crippen LogP) is 2.87. The Morgan fingerprint density at radius 1 is 1.29 bits per heavy atom. The van der Waals surface area contributed by atoms with Crippen molar-refractivity contribution in [3.8, 4) is 0 Å². The summed E-state index contributed by atoms with van der Waals surface area (Å²) in [5.41, 5.74) is 2.06. The standard InChI is InChI=1S/C17H23NO3/c1-12(2)10-15(17(20)21)11-18-16(19)9-8-14-7-5-4-6-13(14)3/h4-9,12,15H,10-11H2,1-3H3,(H,18,19)(H,20,21)/b9-8+. The molecule has 0 aliphatic heterocycles. The van der Waals surface area contributed by atoms with E-state index >= 15 is 0 Å². The number of amides is 1. The van der Waals surface area contributed by atoms with Crippen LogP contribution in [0.1, 0.15) is 31.4 Å². The number of nitrogens with one attached hydrogen (secondary N) is 1. The van der Waals surface area contributed by atoms with Crippen LogP contribution < -0.4 is 5.32 Å². The third-order valence-corrected chi connectivity index (χ3v) is 3.23. The molecule has 0 fully saturated rings. The van der Waals surface area contributed by atoms with Gasteiger partial charge in [-0.3, -0.25) is 9.59 Å². The molecule has 1 aromatic carbocycles. The Kier molecular flexibility index (Phi) is 6.66. The van der Waals surface area contributed by atoms with Crippen molar-refractivity contribution in [3.05, 3.63) is 41.5 Å². The van der Waals surface area contributed by atoms with E-state index in [0.717, 1.165) is 11.1 Å². The molecular formula is C17H23NO3. The molecule has 0 aromatic heterocycles. The van der Waals surface area contributed by atoms with Gasteiger partial charge in [0.2, 0.25) is 5.91 Å². The van der Waals surface area contributed by atoms with Crippen molar-refractivity contribution >= 4 is 18.0 Å². The maximum absolute atomic E-state index is 11.7. The largest absolute Gasteiger partial charge is 0.481 e. The first kappa shape index (κ1) is 17.0. The minimum Gasteiger partial charge on any atom is -0.481 e. The van der Waals surface area contributed by atoms with Crippen molar-refractivity contribution in [3.63, 3.8) is 0 Å². The lowest BCUT2D eigenvalue weighted by atomic mass is 9.97. The zero-order valence-electron chi connectivity index (χ0n) is 12.8. The molecule has 1 unspecified atom stereocenters. The summed E-state index contributed by atoms with van der Waals surface area (Å²) in [6, 6.07) is 7.75. The molecule has 0 saturated carbocycles. The summed E-state index contributed by atoms with van der Waals surface area (Å²) >= 11 is 0. The number of hydrogen-bond acceptors (Lipinski definition) is 2. The first-order valence-electron chi connectivity index (χ1n) is 7.14. The van der Waals surface area contributed by atoms with Crippen LogP contribution in [-0.2, 0) is 9.59 Å². The summed E-state index contributed by atoms with van der Waals surface area (Å²) < 4.78 is 0. The quantitative estimate of drug-likeness (QED) is 0.758. The van der Waals surface area contributed by atoms with Gasteiger partial charge in [0.15, 0.2) is 0 Å². The van der Waals surface area contributed by atoms with Gasteiger partial charge in [0.25, 0.3) is 0 Å². The Hall–Kier alpha value is -2.10. The molecule has 4 heteroatoms. The van der Waals surface area contributed by atoms with E-state index in [1.807, 2.05) is 45.0 Å². The normalized spacial score (nSPS) is 12.6. The van der Waals surface area contributed by atoms with Crippen LogP contribution in [0, 0.1) is 18.8 Å². The first-order valence-corrected chi connectivity index (χ1v) is 7.14. The lowest BCUT2D eigenvalue weighted by molar-refractivity contribution is -0.142. The van der Waals surface area contributed by atoms with E-state index < -0.39 is 11.9 Å². The molecule has 0 radical (unpaired) electrons. The van der Waals surface area contributed by atoms with E-state index in [1.165, 1.54) is 6.08 Å². The summed E-state index contributed by atoms with van der Waals surface area (Å²) in [6.45, 7) is 6.07. The topological polar surface area (TPSA) is 66.4 Å². The van der Waals surface area contributed by atoms with Crippen molar-refractivity contribution in [1.82, 2.24) is 5.32 Å².